The third kappa shape index (κ3) is 3.83. The number of nitrogens with two attached hydrogens (primary N) is 1. The predicted molar refractivity (Wildman–Crippen MR) is 82.6 cm³/mol. The molecule has 3 nitrogen and oxygen atoms in total. The molecule has 0 heterocycles. The van der Waals surface area contributed by atoms with Crippen LogP contribution in [0.3, 0.4) is 0 Å². The zero-order valence-electron chi connectivity index (χ0n) is 12.8. The van der Waals surface area contributed by atoms with Gasteiger partial charge in [0.2, 0.25) is 5.91 Å². The Morgan fingerprint density at radius 3 is 2.35 bits per heavy atom. The highest BCUT2D eigenvalue weighted by molar-refractivity contribution is 5.82. The molecule has 20 heavy (non-hydrogen) atoms. The van der Waals surface area contributed by atoms with Crippen LogP contribution in [-0.2, 0) is 16.6 Å². The molecule has 1 aliphatic rings. The monoisotopic (exact) mass is 274 g/mol. The largest absolute Gasteiger partial charge is 0.352 e. The zero-order valence-corrected chi connectivity index (χ0v) is 12.8. The summed E-state index contributed by atoms with van der Waals surface area (Å²) in [6.07, 6.45) is 4.01. The van der Waals surface area contributed by atoms with E-state index in [0.717, 1.165) is 18.4 Å². The molecule has 1 atom stereocenters. The number of carbonyl (C=O) groups excluding carboxylic acids is 1. The molecule has 1 saturated carbocycles. The highest BCUT2D eigenvalue weighted by atomic mass is 16.2. The second kappa shape index (κ2) is 5.96. The fourth-order valence-corrected chi connectivity index (χ4v) is 2.35. The Hall–Kier alpha value is -1.35. The van der Waals surface area contributed by atoms with Crippen molar-refractivity contribution >= 4 is 5.91 Å². The van der Waals surface area contributed by atoms with E-state index < -0.39 is 6.04 Å². The van der Waals surface area contributed by atoms with Gasteiger partial charge in [-0.25, -0.2) is 0 Å². The van der Waals surface area contributed by atoms with Gasteiger partial charge in [-0.2, -0.15) is 0 Å². The van der Waals surface area contributed by atoms with Crippen LogP contribution in [0.5, 0.6) is 0 Å². The van der Waals surface area contributed by atoms with Crippen LogP contribution >= 0.6 is 0 Å². The molecule has 3 heteroatoms. The number of hydrogen-bond donors (Lipinski definition) is 2. The first-order valence-electron chi connectivity index (χ1n) is 7.51. The third-order valence-electron chi connectivity index (χ3n) is 4.06. The second-order valence-electron chi connectivity index (χ2n) is 6.89. The fraction of sp³-hybridized carbons (Fsp3) is 0.588. The Labute approximate surface area is 121 Å². The van der Waals surface area contributed by atoms with Gasteiger partial charge < -0.3 is 11.1 Å². The lowest BCUT2D eigenvalue weighted by atomic mass is 9.86. The average Bonchev–Trinajstić information content (AvgIpc) is 2.33. The summed E-state index contributed by atoms with van der Waals surface area (Å²) >= 11 is 0. The van der Waals surface area contributed by atoms with Crippen molar-refractivity contribution in [3.63, 3.8) is 0 Å². The van der Waals surface area contributed by atoms with Gasteiger partial charge in [-0.05, 0) is 42.2 Å². The lowest BCUT2D eigenvalue weighted by Gasteiger charge is -2.27. The summed E-state index contributed by atoms with van der Waals surface area (Å²) in [6, 6.07) is 8.33. The van der Waals surface area contributed by atoms with E-state index in [-0.39, 0.29) is 11.3 Å². The van der Waals surface area contributed by atoms with Crippen molar-refractivity contribution in [1.29, 1.82) is 0 Å². The van der Waals surface area contributed by atoms with Crippen LogP contribution in [0.15, 0.2) is 24.3 Å². The van der Waals surface area contributed by atoms with Gasteiger partial charge in [0.25, 0.3) is 0 Å². The van der Waals surface area contributed by atoms with E-state index in [0.29, 0.717) is 12.5 Å². The van der Waals surface area contributed by atoms with Crippen molar-refractivity contribution in [1.82, 2.24) is 5.32 Å². The SMILES string of the molecule is CC(C)(C)c1ccc(CC(N)C(=O)NC2CCC2)cc1. The lowest BCUT2D eigenvalue weighted by molar-refractivity contribution is -0.123. The Bertz CT molecular complexity index is 455. The standard InChI is InChI=1S/C17H26N2O/c1-17(2,3)13-9-7-12(8-10-13)11-15(18)16(20)19-14-5-4-6-14/h7-10,14-15H,4-6,11,18H2,1-3H3,(H,19,20). The van der Waals surface area contributed by atoms with Crippen LogP contribution in [0, 0.1) is 0 Å². The summed E-state index contributed by atoms with van der Waals surface area (Å²) < 4.78 is 0. The molecule has 1 fully saturated rings. The summed E-state index contributed by atoms with van der Waals surface area (Å²) in [4.78, 5) is 11.9. The maximum atomic E-state index is 11.9. The minimum absolute atomic E-state index is 0.0189. The molecule has 1 aromatic carbocycles. The molecule has 2 rings (SSSR count). The summed E-state index contributed by atoms with van der Waals surface area (Å²) in [6.45, 7) is 6.58. The molecule has 0 aliphatic heterocycles. The Balaban J connectivity index is 1.90. The van der Waals surface area contributed by atoms with Crippen molar-refractivity contribution in [3.05, 3.63) is 35.4 Å². The Morgan fingerprint density at radius 1 is 1.30 bits per heavy atom. The molecule has 0 spiro atoms. The molecule has 0 bridgehead atoms. The third-order valence-corrected chi connectivity index (χ3v) is 4.06. The van der Waals surface area contributed by atoms with Gasteiger partial charge in [-0.3, -0.25) is 4.79 Å². The van der Waals surface area contributed by atoms with Gasteiger partial charge in [0, 0.05) is 6.04 Å². The van der Waals surface area contributed by atoms with E-state index in [1.807, 2.05) is 0 Å². The molecule has 0 saturated heterocycles. The Morgan fingerprint density at radius 2 is 1.90 bits per heavy atom. The average molecular weight is 274 g/mol. The van der Waals surface area contributed by atoms with Crippen LogP contribution in [0.1, 0.15) is 51.2 Å². The van der Waals surface area contributed by atoms with Crippen molar-refractivity contribution in [2.45, 2.75) is 64.0 Å². The molecule has 3 N–H and O–H groups in total. The van der Waals surface area contributed by atoms with E-state index in [9.17, 15) is 4.79 Å². The molecule has 110 valence electrons. The van der Waals surface area contributed by atoms with E-state index in [4.69, 9.17) is 5.73 Å². The Kier molecular flexibility index (Phi) is 4.48. The van der Waals surface area contributed by atoms with Crippen molar-refractivity contribution in [2.75, 3.05) is 0 Å². The highest BCUT2D eigenvalue weighted by Gasteiger charge is 2.22. The predicted octanol–water partition coefficient (Wildman–Crippen LogP) is 2.52. The van der Waals surface area contributed by atoms with Crippen molar-refractivity contribution < 1.29 is 4.79 Å². The lowest BCUT2D eigenvalue weighted by Crippen LogP contribution is -2.48. The van der Waals surface area contributed by atoms with E-state index in [2.05, 4.69) is 50.4 Å². The van der Waals surface area contributed by atoms with E-state index in [1.54, 1.807) is 0 Å². The van der Waals surface area contributed by atoms with Gasteiger partial charge >= 0.3 is 0 Å². The van der Waals surface area contributed by atoms with Gasteiger partial charge in [0.1, 0.15) is 0 Å². The molecule has 1 unspecified atom stereocenters. The minimum Gasteiger partial charge on any atom is -0.352 e. The zero-order chi connectivity index (χ0) is 14.8. The normalized spacial score (nSPS) is 17.4. The minimum atomic E-state index is -0.448. The summed E-state index contributed by atoms with van der Waals surface area (Å²) in [5.74, 6) is -0.0189. The van der Waals surface area contributed by atoms with Gasteiger partial charge in [-0.1, -0.05) is 45.0 Å². The van der Waals surface area contributed by atoms with Crippen LogP contribution in [0.4, 0.5) is 0 Å². The van der Waals surface area contributed by atoms with E-state index in [1.165, 1.54) is 12.0 Å². The number of benzene rings is 1. The molecular formula is C17H26N2O. The maximum Gasteiger partial charge on any atom is 0.237 e. The molecule has 0 radical (unpaired) electrons. The van der Waals surface area contributed by atoms with Crippen LogP contribution in [0.2, 0.25) is 0 Å². The first-order chi connectivity index (χ1) is 9.36. The number of carbonyl (C=O) groups is 1. The van der Waals surface area contributed by atoms with Gasteiger partial charge in [-0.15, -0.1) is 0 Å². The number of nitrogens with one attached hydrogen (secondary N) is 1. The van der Waals surface area contributed by atoms with Gasteiger partial charge in [0.15, 0.2) is 0 Å². The topological polar surface area (TPSA) is 55.1 Å². The summed E-state index contributed by atoms with van der Waals surface area (Å²) in [7, 11) is 0. The van der Waals surface area contributed by atoms with Gasteiger partial charge in [0.05, 0.1) is 6.04 Å². The molecule has 0 aromatic heterocycles. The number of rotatable bonds is 4. The van der Waals surface area contributed by atoms with Crippen LogP contribution < -0.4 is 11.1 Å². The van der Waals surface area contributed by atoms with Crippen molar-refractivity contribution in [2.24, 2.45) is 5.73 Å². The first kappa shape index (κ1) is 15.0. The van der Waals surface area contributed by atoms with Crippen molar-refractivity contribution in [3.8, 4) is 0 Å². The molecule has 1 amide bonds. The van der Waals surface area contributed by atoms with E-state index >= 15 is 0 Å². The number of hydrogen-bond acceptors (Lipinski definition) is 2. The molecular weight excluding hydrogens is 248 g/mol. The maximum absolute atomic E-state index is 11.9. The highest BCUT2D eigenvalue weighted by Crippen LogP contribution is 2.22. The molecule has 1 aliphatic carbocycles. The smallest absolute Gasteiger partial charge is 0.237 e. The first-order valence-corrected chi connectivity index (χ1v) is 7.51. The quantitative estimate of drug-likeness (QED) is 0.886. The fourth-order valence-electron chi connectivity index (χ4n) is 2.35. The van der Waals surface area contributed by atoms with Crippen LogP contribution in [-0.4, -0.2) is 18.0 Å². The van der Waals surface area contributed by atoms with Crippen LogP contribution in [0.25, 0.3) is 0 Å². The molecule has 1 aromatic rings. The number of amides is 1. The second-order valence-corrected chi connectivity index (χ2v) is 6.89. The summed E-state index contributed by atoms with van der Waals surface area (Å²) in [5.41, 5.74) is 8.56. The summed E-state index contributed by atoms with van der Waals surface area (Å²) in [5, 5.41) is 3.01.